The average Bonchev–Trinajstić information content (AvgIpc) is 3.38. The Morgan fingerprint density at radius 3 is 2.78 bits per heavy atom. The number of anilines is 3. The second-order valence-electron chi connectivity index (χ2n) is 8.28. The molecule has 0 amide bonds. The van der Waals surface area contributed by atoms with Gasteiger partial charge >= 0.3 is 6.61 Å². The van der Waals surface area contributed by atoms with Crippen molar-refractivity contribution in [2.45, 2.75) is 43.9 Å². The van der Waals surface area contributed by atoms with E-state index in [1.54, 1.807) is 6.07 Å². The van der Waals surface area contributed by atoms with Crippen LogP contribution in [0.3, 0.4) is 0 Å². The fraction of sp³-hybridized carbons (Fsp3) is 0.550. The number of hydrogen-bond acceptors (Lipinski definition) is 8. The zero-order valence-corrected chi connectivity index (χ0v) is 17.1. The van der Waals surface area contributed by atoms with Gasteiger partial charge < -0.3 is 25.0 Å². The van der Waals surface area contributed by atoms with E-state index in [0.717, 1.165) is 6.42 Å². The van der Waals surface area contributed by atoms with E-state index < -0.39 is 19.1 Å². The van der Waals surface area contributed by atoms with Gasteiger partial charge in [0.15, 0.2) is 11.6 Å². The summed E-state index contributed by atoms with van der Waals surface area (Å²) < 4.78 is 63.7. The molecule has 2 aromatic heterocycles. The summed E-state index contributed by atoms with van der Waals surface area (Å²) in [5.74, 6) is -2.57. The maximum Gasteiger partial charge on any atom is 0.387 e. The number of nitrogens with zero attached hydrogens (tertiary/aromatic N) is 5. The van der Waals surface area contributed by atoms with Crippen molar-refractivity contribution in [2.24, 2.45) is 0 Å². The molecule has 0 radical (unpaired) electrons. The summed E-state index contributed by atoms with van der Waals surface area (Å²) in [7, 11) is 0. The molecule has 0 aromatic carbocycles. The zero-order chi connectivity index (χ0) is 22.5. The number of morpholine rings is 1. The van der Waals surface area contributed by atoms with Crippen LogP contribution in [-0.2, 0) is 4.74 Å². The van der Waals surface area contributed by atoms with Gasteiger partial charge in [0.2, 0.25) is 5.95 Å². The number of pyridine rings is 1. The highest BCUT2D eigenvalue weighted by atomic mass is 19.3. The molecule has 3 fully saturated rings. The van der Waals surface area contributed by atoms with Crippen molar-refractivity contribution in [3.8, 4) is 17.0 Å². The first kappa shape index (κ1) is 21.0. The lowest BCUT2D eigenvalue weighted by molar-refractivity contribution is -0.0494. The molecule has 3 saturated heterocycles. The van der Waals surface area contributed by atoms with Crippen molar-refractivity contribution < 1.29 is 27.0 Å². The van der Waals surface area contributed by atoms with Crippen LogP contribution in [0.25, 0.3) is 11.3 Å². The Kier molecular flexibility index (Phi) is 5.19. The van der Waals surface area contributed by atoms with Crippen molar-refractivity contribution in [3.05, 3.63) is 18.3 Å². The number of fused-ring (bicyclic) bond motifs is 2. The summed E-state index contributed by atoms with van der Waals surface area (Å²) in [6, 6.07) is 3.15. The average molecular weight is 454 g/mol. The van der Waals surface area contributed by atoms with Crippen LogP contribution >= 0.6 is 0 Å². The van der Waals surface area contributed by atoms with E-state index in [1.807, 2.05) is 0 Å². The summed E-state index contributed by atoms with van der Waals surface area (Å²) in [6.45, 7) is -1.95. The highest BCUT2D eigenvalue weighted by Gasteiger charge is 2.41. The van der Waals surface area contributed by atoms with Crippen molar-refractivity contribution in [1.82, 2.24) is 15.0 Å². The van der Waals surface area contributed by atoms with Crippen LogP contribution in [0.4, 0.5) is 35.1 Å². The quantitative estimate of drug-likeness (QED) is 0.690. The maximum atomic E-state index is 14.1. The van der Waals surface area contributed by atoms with E-state index in [4.69, 9.17) is 10.5 Å². The third kappa shape index (κ3) is 4.10. The van der Waals surface area contributed by atoms with Crippen LogP contribution in [-0.4, -0.2) is 65.9 Å². The van der Waals surface area contributed by atoms with Gasteiger partial charge in [0.25, 0.3) is 5.92 Å². The smallest absolute Gasteiger partial charge is 0.387 e. The third-order valence-electron chi connectivity index (χ3n) is 5.96. The Balaban J connectivity index is 1.55. The molecule has 5 rings (SSSR count). The van der Waals surface area contributed by atoms with Gasteiger partial charge in [0.05, 0.1) is 31.0 Å². The zero-order valence-electron chi connectivity index (χ0n) is 17.1. The van der Waals surface area contributed by atoms with E-state index in [9.17, 15) is 17.6 Å². The summed E-state index contributed by atoms with van der Waals surface area (Å²) in [6.07, 6.45) is 2.48. The highest BCUT2D eigenvalue weighted by Crippen LogP contribution is 2.36. The number of ether oxygens (including phenoxy) is 2. The molecule has 0 saturated carbocycles. The van der Waals surface area contributed by atoms with Crippen LogP contribution in [0.2, 0.25) is 0 Å². The van der Waals surface area contributed by atoms with Crippen LogP contribution < -0.4 is 20.3 Å². The first-order chi connectivity index (χ1) is 15.3. The number of alkyl halides is 4. The molecule has 32 heavy (non-hydrogen) atoms. The number of halogens is 4. The number of hydrogen-bond donors (Lipinski definition) is 1. The van der Waals surface area contributed by atoms with Crippen LogP contribution in [0.1, 0.15) is 19.3 Å². The summed E-state index contributed by atoms with van der Waals surface area (Å²) in [5.41, 5.74) is 6.37. The van der Waals surface area contributed by atoms with Crippen molar-refractivity contribution >= 4 is 17.6 Å². The van der Waals surface area contributed by atoms with Gasteiger partial charge in [-0.2, -0.15) is 13.8 Å². The number of rotatable bonds is 5. The molecule has 2 bridgehead atoms. The van der Waals surface area contributed by atoms with Gasteiger partial charge in [-0.3, -0.25) is 0 Å². The maximum absolute atomic E-state index is 14.1. The molecule has 5 heterocycles. The molecular weight excluding hydrogens is 432 g/mol. The monoisotopic (exact) mass is 454 g/mol. The van der Waals surface area contributed by atoms with E-state index >= 15 is 0 Å². The Bertz CT molecular complexity index is 1010. The third-order valence-corrected chi connectivity index (χ3v) is 5.96. The van der Waals surface area contributed by atoms with Crippen molar-refractivity contribution in [3.63, 3.8) is 0 Å². The molecule has 2 aromatic rings. The molecule has 2 N–H and O–H groups in total. The molecular formula is C20H22F4N6O2. The van der Waals surface area contributed by atoms with Crippen LogP contribution in [0.15, 0.2) is 18.3 Å². The van der Waals surface area contributed by atoms with Gasteiger partial charge in [-0.25, -0.2) is 18.7 Å². The second kappa shape index (κ2) is 7.91. The van der Waals surface area contributed by atoms with Gasteiger partial charge in [-0.1, -0.05) is 0 Å². The topological polar surface area (TPSA) is 89.6 Å². The number of aromatic nitrogens is 3. The molecule has 12 heteroatoms. The SMILES string of the molecule is Nc1ncc(-c2cc(N3C[C@@H]4C[C@H]3CO4)nc(N3CCCC(F)(F)C3)n2)cc1OC(F)F. The fourth-order valence-electron chi connectivity index (χ4n) is 4.46. The normalized spacial score (nSPS) is 24.4. The van der Waals surface area contributed by atoms with Gasteiger partial charge in [-0.15, -0.1) is 0 Å². The van der Waals surface area contributed by atoms with Crippen LogP contribution in [0.5, 0.6) is 5.75 Å². The van der Waals surface area contributed by atoms with Crippen molar-refractivity contribution in [2.75, 3.05) is 41.8 Å². The Morgan fingerprint density at radius 2 is 2.09 bits per heavy atom. The molecule has 3 aliphatic heterocycles. The van der Waals surface area contributed by atoms with E-state index in [0.29, 0.717) is 43.2 Å². The molecule has 0 aliphatic carbocycles. The second-order valence-corrected chi connectivity index (χ2v) is 8.28. The Hall–Kier alpha value is -2.89. The first-order valence-electron chi connectivity index (χ1n) is 10.4. The fourth-order valence-corrected chi connectivity index (χ4v) is 4.46. The minimum absolute atomic E-state index is 0.102. The van der Waals surface area contributed by atoms with E-state index in [-0.39, 0.29) is 36.1 Å². The van der Waals surface area contributed by atoms with Gasteiger partial charge in [0.1, 0.15) is 5.82 Å². The lowest BCUT2D eigenvalue weighted by Gasteiger charge is -2.34. The first-order valence-corrected chi connectivity index (χ1v) is 10.4. The van der Waals surface area contributed by atoms with Crippen LogP contribution in [0, 0.1) is 0 Å². The van der Waals surface area contributed by atoms with Crippen molar-refractivity contribution in [1.29, 1.82) is 0 Å². The van der Waals surface area contributed by atoms with Gasteiger partial charge in [0, 0.05) is 37.3 Å². The lowest BCUT2D eigenvalue weighted by Crippen LogP contribution is -2.44. The number of nitrogens with two attached hydrogens (primary N) is 1. The number of nitrogen functional groups attached to an aromatic ring is 1. The molecule has 0 unspecified atom stereocenters. The van der Waals surface area contributed by atoms with E-state index in [2.05, 4.69) is 24.6 Å². The molecule has 8 nitrogen and oxygen atoms in total. The Labute approximate surface area is 181 Å². The lowest BCUT2D eigenvalue weighted by atomic mass is 10.1. The largest absolute Gasteiger partial charge is 0.431 e. The molecule has 172 valence electrons. The van der Waals surface area contributed by atoms with E-state index in [1.165, 1.54) is 17.2 Å². The highest BCUT2D eigenvalue weighted by molar-refractivity contribution is 5.68. The Morgan fingerprint density at radius 1 is 1.25 bits per heavy atom. The minimum atomic E-state index is -3.07. The summed E-state index contributed by atoms with van der Waals surface area (Å²) >= 11 is 0. The predicted molar refractivity (Wildman–Crippen MR) is 108 cm³/mol. The summed E-state index contributed by atoms with van der Waals surface area (Å²) in [4.78, 5) is 16.5. The summed E-state index contributed by atoms with van der Waals surface area (Å²) in [5, 5.41) is 0. The molecule has 3 aliphatic rings. The molecule has 2 atom stereocenters. The molecule has 0 spiro atoms. The number of piperidine rings is 1. The predicted octanol–water partition coefficient (Wildman–Crippen LogP) is 2.94. The standard InChI is InChI=1S/C20H22F4N6O2/c21-18(22)32-15-4-11(7-26-17(15)25)14-6-16(30-8-13-5-12(30)9-31-13)28-19(27-14)29-3-1-2-20(23,24)10-29/h4,6-7,12-13,18H,1-3,5,8-10H2,(H2,25,26)/t12-,13-/m0/s1. The minimum Gasteiger partial charge on any atom is -0.431 e. The van der Waals surface area contributed by atoms with Gasteiger partial charge in [-0.05, 0) is 18.9 Å².